The third kappa shape index (κ3) is 2.50. The van der Waals surface area contributed by atoms with Gasteiger partial charge in [-0.3, -0.25) is 4.79 Å². The van der Waals surface area contributed by atoms with Gasteiger partial charge in [0.1, 0.15) is 4.88 Å². The summed E-state index contributed by atoms with van der Waals surface area (Å²) in [6, 6.07) is 3.65. The second-order valence-corrected chi connectivity index (χ2v) is 6.56. The molecule has 0 spiro atoms. The third-order valence-corrected chi connectivity index (χ3v) is 4.86. The van der Waals surface area contributed by atoms with Crippen LogP contribution >= 0.6 is 22.7 Å². The zero-order valence-corrected chi connectivity index (χ0v) is 12.5. The quantitative estimate of drug-likeness (QED) is 0.790. The molecule has 3 aromatic heterocycles. The Labute approximate surface area is 128 Å². The maximum atomic E-state index is 12.1. The van der Waals surface area contributed by atoms with Gasteiger partial charge in [0.2, 0.25) is 0 Å². The molecule has 21 heavy (non-hydrogen) atoms. The van der Waals surface area contributed by atoms with Crippen molar-refractivity contribution in [1.82, 2.24) is 10.1 Å². The number of carbonyl (C=O) groups is 1. The van der Waals surface area contributed by atoms with Crippen molar-refractivity contribution in [3.05, 3.63) is 39.7 Å². The van der Waals surface area contributed by atoms with E-state index in [4.69, 9.17) is 4.52 Å². The van der Waals surface area contributed by atoms with Gasteiger partial charge in [-0.2, -0.15) is 16.3 Å². The largest absolute Gasteiger partial charge is 0.333 e. The molecule has 0 unspecified atom stereocenters. The second kappa shape index (κ2) is 5.09. The van der Waals surface area contributed by atoms with E-state index in [1.807, 2.05) is 22.2 Å². The van der Waals surface area contributed by atoms with Crippen LogP contribution in [-0.4, -0.2) is 16.0 Å². The molecule has 1 fully saturated rings. The first-order valence-electron chi connectivity index (χ1n) is 6.56. The van der Waals surface area contributed by atoms with Crippen LogP contribution < -0.4 is 5.32 Å². The summed E-state index contributed by atoms with van der Waals surface area (Å²) in [6.45, 7) is 0. The minimum atomic E-state index is -0.127. The lowest BCUT2D eigenvalue weighted by Crippen LogP contribution is -2.10. The Balaban J connectivity index is 1.59. The summed E-state index contributed by atoms with van der Waals surface area (Å²) >= 11 is 2.97. The van der Waals surface area contributed by atoms with Crippen LogP contribution in [0.25, 0.3) is 10.8 Å². The molecule has 7 heteroatoms. The summed E-state index contributed by atoms with van der Waals surface area (Å²) < 4.78 is 5.32. The van der Waals surface area contributed by atoms with Crippen molar-refractivity contribution >= 4 is 34.3 Å². The van der Waals surface area contributed by atoms with E-state index in [-0.39, 0.29) is 5.91 Å². The average Bonchev–Trinajstić information content (AvgIpc) is 2.95. The van der Waals surface area contributed by atoms with Crippen molar-refractivity contribution in [1.29, 1.82) is 0 Å². The first-order valence-corrected chi connectivity index (χ1v) is 8.38. The van der Waals surface area contributed by atoms with Crippen molar-refractivity contribution in [2.24, 2.45) is 0 Å². The van der Waals surface area contributed by atoms with Crippen LogP contribution in [0.3, 0.4) is 0 Å². The normalized spacial score (nSPS) is 14.3. The molecule has 0 radical (unpaired) electrons. The Kier molecular flexibility index (Phi) is 3.08. The standard InChI is InChI=1S/C14H11N3O2S2/c18-13(9-3-5-20-7-9)15-10-4-6-21-11(10)14-16-12(17-19-14)8-1-2-8/h3-8H,1-2H2,(H,15,18). The fraction of sp³-hybridized carbons (Fsp3) is 0.214. The molecular formula is C14H11N3O2S2. The fourth-order valence-corrected chi connectivity index (χ4v) is 3.40. The summed E-state index contributed by atoms with van der Waals surface area (Å²) in [6.07, 6.45) is 2.26. The van der Waals surface area contributed by atoms with Gasteiger partial charge in [0, 0.05) is 11.3 Å². The van der Waals surface area contributed by atoms with Gasteiger partial charge in [-0.25, -0.2) is 0 Å². The summed E-state index contributed by atoms with van der Waals surface area (Å²) in [4.78, 5) is 17.3. The highest BCUT2D eigenvalue weighted by molar-refractivity contribution is 7.14. The number of rotatable bonds is 4. The van der Waals surface area contributed by atoms with E-state index in [1.54, 1.807) is 6.07 Å². The predicted octanol–water partition coefficient (Wildman–Crippen LogP) is 3.99. The van der Waals surface area contributed by atoms with Crippen LogP contribution in [0.15, 0.2) is 32.8 Å². The maximum absolute atomic E-state index is 12.1. The van der Waals surface area contributed by atoms with E-state index < -0.39 is 0 Å². The van der Waals surface area contributed by atoms with E-state index >= 15 is 0 Å². The molecular weight excluding hydrogens is 306 g/mol. The molecule has 1 amide bonds. The number of amides is 1. The van der Waals surface area contributed by atoms with Gasteiger partial charge in [-0.1, -0.05) is 5.16 Å². The van der Waals surface area contributed by atoms with Gasteiger partial charge in [0.25, 0.3) is 11.8 Å². The van der Waals surface area contributed by atoms with Crippen LogP contribution in [0.1, 0.15) is 34.9 Å². The van der Waals surface area contributed by atoms with Gasteiger partial charge in [-0.15, -0.1) is 11.3 Å². The van der Waals surface area contributed by atoms with Gasteiger partial charge in [0.05, 0.1) is 11.3 Å². The van der Waals surface area contributed by atoms with Crippen molar-refractivity contribution in [2.45, 2.75) is 18.8 Å². The highest BCUT2D eigenvalue weighted by Crippen LogP contribution is 2.40. The molecule has 106 valence electrons. The average molecular weight is 317 g/mol. The molecule has 0 saturated heterocycles. The maximum Gasteiger partial charge on any atom is 0.270 e. The molecule has 1 aliphatic rings. The topological polar surface area (TPSA) is 68.0 Å². The zero-order chi connectivity index (χ0) is 14.2. The van der Waals surface area contributed by atoms with E-state index in [0.29, 0.717) is 23.1 Å². The number of thiophene rings is 2. The van der Waals surface area contributed by atoms with E-state index in [2.05, 4.69) is 15.5 Å². The highest BCUT2D eigenvalue weighted by atomic mass is 32.1. The van der Waals surface area contributed by atoms with Gasteiger partial charge >= 0.3 is 0 Å². The number of nitrogens with zero attached hydrogens (tertiary/aromatic N) is 2. The first-order chi connectivity index (χ1) is 10.3. The lowest BCUT2D eigenvalue weighted by Gasteiger charge is -2.02. The van der Waals surface area contributed by atoms with Gasteiger partial charge in [0.15, 0.2) is 5.82 Å². The van der Waals surface area contributed by atoms with Crippen LogP contribution in [0, 0.1) is 0 Å². The van der Waals surface area contributed by atoms with Crippen LogP contribution in [-0.2, 0) is 0 Å². The number of nitrogens with one attached hydrogen (secondary N) is 1. The second-order valence-electron chi connectivity index (χ2n) is 4.86. The van der Waals surface area contributed by atoms with Gasteiger partial charge in [-0.05, 0) is 35.7 Å². The molecule has 3 heterocycles. The Morgan fingerprint density at radius 1 is 1.33 bits per heavy atom. The molecule has 1 N–H and O–H groups in total. The Hall–Kier alpha value is -1.99. The summed E-state index contributed by atoms with van der Waals surface area (Å²) in [5.74, 6) is 1.57. The molecule has 0 aromatic carbocycles. The number of aromatic nitrogens is 2. The number of carbonyl (C=O) groups excluding carboxylic acids is 1. The van der Waals surface area contributed by atoms with E-state index in [9.17, 15) is 4.79 Å². The minimum absolute atomic E-state index is 0.127. The molecule has 1 aliphatic carbocycles. The van der Waals surface area contributed by atoms with Crippen molar-refractivity contribution < 1.29 is 9.32 Å². The lowest BCUT2D eigenvalue weighted by atomic mass is 10.3. The molecule has 4 rings (SSSR count). The molecule has 5 nitrogen and oxygen atoms in total. The Bertz CT molecular complexity index is 772. The minimum Gasteiger partial charge on any atom is -0.333 e. The van der Waals surface area contributed by atoms with Crippen LogP contribution in [0.4, 0.5) is 5.69 Å². The summed E-state index contributed by atoms with van der Waals surface area (Å²) in [5.41, 5.74) is 1.36. The monoisotopic (exact) mass is 317 g/mol. The SMILES string of the molecule is O=C(Nc1ccsc1-c1nc(C2CC2)no1)c1ccsc1. The Morgan fingerprint density at radius 2 is 2.24 bits per heavy atom. The van der Waals surface area contributed by atoms with Crippen LogP contribution in [0.5, 0.6) is 0 Å². The van der Waals surface area contributed by atoms with Crippen molar-refractivity contribution in [2.75, 3.05) is 5.32 Å². The summed E-state index contributed by atoms with van der Waals surface area (Å²) in [5, 5.41) is 12.5. The smallest absolute Gasteiger partial charge is 0.270 e. The lowest BCUT2D eigenvalue weighted by molar-refractivity contribution is 0.102. The number of hydrogen-bond donors (Lipinski definition) is 1. The van der Waals surface area contributed by atoms with Gasteiger partial charge < -0.3 is 9.84 Å². The molecule has 0 aliphatic heterocycles. The zero-order valence-electron chi connectivity index (χ0n) is 10.9. The molecule has 0 bridgehead atoms. The fourth-order valence-electron chi connectivity index (χ4n) is 2.00. The highest BCUT2D eigenvalue weighted by Gasteiger charge is 2.29. The van der Waals surface area contributed by atoms with E-state index in [0.717, 1.165) is 23.5 Å². The molecule has 0 atom stereocenters. The van der Waals surface area contributed by atoms with Crippen LogP contribution in [0.2, 0.25) is 0 Å². The molecule has 1 saturated carbocycles. The van der Waals surface area contributed by atoms with Crippen molar-refractivity contribution in [3.63, 3.8) is 0 Å². The molecule has 3 aromatic rings. The summed E-state index contributed by atoms with van der Waals surface area (Å²) in [7, 11) is 0. The van der Waals surface area contributed by atoms with E-state index in [1.165, 1.54) is 22.7 Å². The first kappa shape index (κ1) is 12.7. The number of hydrogen-bond acceptors (Lipinski definition) is 6. The number of anilines is 1. The van der Waals surface area contributed by atoms with Crippen molar-refractivity contribution in [3.8, 4) is 10.8 Å². The predicted molar refractivity (Wildman–Crippen MR) is 81.9 cm³/mol. The third-order valence-electron chi connectivity index (χ3n) is 3.28. The Morgan fingerprint density at radius 3 is 3.00 bits per heavy atom.